The number of carbonyl (C=O) groups excluding carboxylic acids is 1. The van der Waals surface area contributed by atoms with Crippen LogP contribution >= 0.6 is 0 Å². The van der Waals surface area contributed by atoms with Gasteiger partial charge in [0.25, 0.3) is 6.01 Å². The Morgan fingerprint density at radius 1 is 1.19 bits per heavy atom. The SMILES string of the molecule is Cc1ccc(CN(C)C(=O)C2CCN(c3nc4ccccc4o3)CC2)o1. The van der Waals surface area contributed by atoms with Crippen molar-refractivity contribution in [1.29, 1.82) is 0 Å². The summed E-state index contributed by atoms with van der Waals surface area (Å²) in [6.45, 7) is 3.97. The maximum atomic E-state index is 12.7. The van der Waals surface area contributed by atoms with E-state index < -0.39 is 0 Å². The third-order valence-electron chi connectivity index (χ3n) is 4.96. The zero-order valence-corrected chi connectivity index (χ0v) is 15.1. The Morgan fingerprint density at radius 3 is 2.65 bits per heavy atom. The Bertz CT molecular complexity index is 873. The molecule has 0 radical (unpaired) electrons. The molecular weight excluding hydrogens is 330 g/mol. The van der Waals surface area contributed by atoms with Gasteiger partial charge in [-0.05, 0) is 44.0 Å². The molecule has 0 unspecified atom stereocenters. The van der Waals surface area contributed by atoms with Gasteiger partial charge in [-0.1, -0.05) is 12.1 Å². The largest absolute Gasteiger partial charge is 0.464 e. The van der Waals surface area contributed by atoms with Crippen molar-refractivity contribution in [3.8, 4) is 0 Å². The Balaban J connectivity index is 1.35. The van der Waals surface area contributed by atoms with Crippen molar-refractivity contribution in [2.24, 2.45) is 5.92 Å². The van der Waals surface area contributed by atoms with Gasteiger partial charge in [0, 0.05) is 26.1 Å². The highest BCUT2D eigenvalue weighted by Crippen LogP contribution is 2.27. The van der Waals surface area contributed by atoms with Crippen LogP contribution in [0.5, 0.6) is 0 Å². The lowest BCUT2D eigenvalue weighted by Gasteiger charge is -2.32. The van der Waals surface area contributed by atoms with Crippen LogP contribution in [-0.2, 0) is 11.3 Å². The molecule has 1 aliphatic rings. The molecule has 4 rings (SSSR count). The molecule has 0 bridgehead atoms. The van der Waals surface area contributed by atoms with Gasteiger partial charge in [0.05, 0.1) is 6.54 Å². The summed E-state index contributed by atoms with van der Waals surface area (Å²) in [7, 11) is 1.84. The van der Waals surface area contributed by atoms with E-state index in [0.29, 0.717) is 12.6 Å². The first-order valence-corrected chi connectivity index (χ1v) is 9.01. The monoisotopic (exact) mass is 353 g/mol. The summed E-state index contributed by atoms with van der Waals surface area (Å²) in [6, 6.07) is 12.3. The third-order valence-corrected chi connectivity index (χ3v) is 4.96. The maximum Gasteiger partial charge on any atom is 0.298 e. The average molecular weight is 353 g/mol. The van der Waals surface area contributed by atoms with Gasteiger partial charge in [-0.25, -0.2) is 0 Å². The van der Waals surface area contributed by atoms with E-state index in [2.05, 4.69) is 9.88 Å². The standard InChI is InChI=1S/C20H23N3O3/c1-14-7-8-16(25-14)13-22(2)19(24)15-9-11-23(12-10-15)20-21-17-5-3-4-6-18(17)26-20/h3-8,15H,9-13H2,1-2H3. The topological polar surface area (TPSA) is 62.7 Å². The molecule has 1 aromatic carbocycles. The molecule has 136 valence electrons. The maximum absolute atomic E-state index is 12.7. The van der Waals surface area contributed by atoms with Crippen LogP contribution in [-0.4, -0.2) is 35.9 Å². The van der Waals surface area contributed by atoms with Crippen molar-refractivity contribution in [1.82, 2.24) is 9.88 Å². The van der Waals surface area contributed by atoms with Gasteiger partial charge < -0.3 is 18.6 Å². The molecule has 26 heavy (non-hydrogen) atoms. The van der Waals surface area contributed by atoms with Crippen LogP contribution < -0.4 is 4.90 Å². The number of aryl methyl sites for hydroxylation is 1. The quantitative estimate of drug-likeness (QED) is 0.717. The number of rotatable bonds is 4. The number of furan rings is 1. The van der Waals surface area contributed by atoms with Crippen molar-refractivity contribution in [2.45, 2.75) is 26.3 Å². The Labute approximate surface area is 152 Å². The summed E-state index contributed by atoms with van der Waals surface area (Å²) in [5.74, 6) is 1.91. The van der Waals surface area contributed by atoms with Crippen LogP contribution in [0, 0.1) is 12.8 Å². The summed E-state index contributed by atoms with van der Waals surface area (Å²) >= 11 is 0. The highest BCUT2D eigenvalue weighted by atomic mass is 16.4. The summed E-state index contributed by atoms with van der Waals surface area (Å²) < 4.78 is 11.4. The van der Waals surface area contributed by atoms with E-state index in [-0.39, 0.29) is 11.8 Å². The number of carbonyl (C=O) groups is 1. The van der Waals surface area contributed by atoms with Gasteiger partial charge in [-0.15, -0.1) is 0 Å². The van der Waals surface area contributed by atoms with E-state index in [0.717, 1.165) is 48.6 Å². The summed E-state index contributed by atoms with van der Waals surface area (Å²) in [5, 5.41) is 0. The summed E-state index contributed by atoms with van der Waals surface area (Å²) in [6.07, 6.45) is 1.61. The van der Waals surface area contributed by atoms with Crippen LogP contribution in [0.1, 0.15) is 24.4 Å². The molecule has 0 N–H and O–H groups in total. The molecule has 1 aliphatic heterocycles. The van der Waals surface area contributed by atoms with Crippen LogP contribution in [0.25, 0.3) is 11.1 Å². The van der Waals surface area contributed by atoms with E-state index in [1.165, 1.54) is 0 Å². The minimum atomic E-state index is 0.0386. The number of para-hydroxylation sites is 2. The molecule has 0 saturated carbocycles. The highest BCUT2D eigenvalue weighted by Gasteiger charge is 2.29. The number of fused-ring (bicyclic) bond motifs is 1. The fourth-order valence-corrected chi connectivity index (χ4v) is 3.51. The number of aromatic nitrogens is 1. The predicted octanol–water partition coefficient (Wildman–Crippen LogP) is 3.60. The molecule has 6 nitrogen and oxygen atoms in total. The Morgan fingerprint density at radius 2 is 1.96 bits per heavy atom. The van der Waals surface area contributed by atoms with Gasteiger partial charge in [0.2, 0.25) is 5.91 Å². The number of benzene rings is 1. The fraction of sp³-hybridized carbons (Fsp3) is 0.400. The molecular formula is C20H23N3O3. The summed E-state index contributed by atoms with van der Waals surface area (Å²) in [4.78, 5) is 21.2. The number of amides is 1. The fourth-order valence-electron chi connectivity index (χ4n) is 3.51. The first-order valence-electron chi connectivity index (χ1n) is 9.01. The van der Waals surface area contributed by atoms with Crippen molar-refractivity contribution < 1.29 is 13.6 Å². The molecule has 1 saturated heterocycles. The van der Waals surface area contributed by atoms with Gasteiger partial charge >= 0.3 is 0 Å². The van der Waals surface area contributed by atoms with Crippen molar-refractivity contribution in [3.63, 3.8) is 0 Å². The summed E-state index contributed by atoms with van der Waals surface area (Å²) in [5.41, 5.74) is 1.67. The van der Waals surface area contributed by atoms with Crippen LogP contribution in [0.3, 0.4) is 0 Å². The van der Waals surface area contributed by atoms with Gasteiger partial charge in [0.1, 0.15) is 17.0 Å². The number of hydrogen-bond acceptors (Lipinski definition) is 5. The lowest BCUT2D eigenvalue weighted by Crippen LogP contribution is -2.41. The molecule has 6 heteroatoms. The van der Waals surface area contributed by atoms with Gasteiger partial charge in [-0.2, -0.15) is 4.98 Å². The van der Waals surface area contributed by atoms with Crippen LogP contribution in [0.15, 0.2) is 45.2 Å². The minimum absolute atomic E-state index is 0.0386. The molecule has 0 atom stereocenters. The molecule has 1 amide bonds. The molecule has 3 aromatic rings. The van der Waals surface area contributed by atoms with E-state index in [9.17, 15) is 4.79 Å². The molecule has 3 heterocycles. The number of nitrogens with zero attached hydrogens (tertiary/aromatic N) is 3. The first-order chi connectivity index (χ1) is 12.6. The third kappa shape index (κ3) is 3.31. The predicted molar refractivity (Wildman–Crippen MR) is 98.9 cm³/mol. The Hall–Kier alpha value is -2.76. The second-order valence-corrected chi connectivity index (χ2v) is 6.93. The number of oxazole rings is 1. The average Bonchev–Trinajstić information content (AvgIpc) is 3.27. The van der Waals surface area contributed by atoms with Crippen molar-refractivity contribution in [3.05, 3.63) is 47.9 Å². The van der Waals surface area contributed by atoms with E-state index in [4.69, 9.17) is 8.83 Å². The smallest absolute Gasteiger partial charge is 0.298 e. The molecule has 1 fully saturated rings. The van der Waals surface area contributed by atoms with E-state index in [1.807, 2.05) is 50.4 Å². The lowest BCUT2D eigenvalue weighted by atomic mass is 9.95. The molecule has 0 aliphatic carbocycles. The normalized spacial score (nSPS) is 15.5. The van der Waals surface area contributed by atoms with Gasteiger partial charge in [0.15, 0.2) is 5.58 Å². The second kappa shape index (κ2) is 6.86. The second-order valence-electron chi connectivity index (χ2n) is 6.93. The molecule has 0 spiro atoms. The van der Waals surface area contributed by atoms with Crippen LogP contribution in [0.4, 0.5) is 6.01 Å². The highest BCUT2D eigenvalue weighted by molar-refractivity contribution is 5.79. The zero-order chi connectivity index (χ0) is 18.1. The number of hydrogen-bond donors (Lipinski definition) is 0. The van der Waals surface area contributed by atoms with Crippen LogP contribution in [0.2, 0.25) is 0 Å². The first kappa shape index (κ1) is 16.7. The molecule has 2 aromatic heterocycles. The number of piperidine rings is 1. The van der Waals surface area contributed by atoms with E-state index >= 15 is 0 Å². The van der Waals surface area contributed by atoms with Crippen molar-refractivity contribution >= 4 is 23.0 Å². The Kier molecular flexibility index (Phi) is 4.41. The van der Waals surface area contributed by atoms with Crippen molar-refractivity contribution in [2.75, 3.05) is 25.0 Å². The zero-order valence-electron chi connectivity index (χ0n) is 15.1. The van der Waals surface area contributed by atoms with Gasteiger partial charge in [-0.3, -0.25) is 4.79 Å². The lowest BCUT2D eigenvalue weighted by molar-refractivity contribution is -0.135. The van der Waals surface area contributed by atoms with E-state index in [1.54, 1.807) is 4.90 Å². The number of anilines is 1. The minimum Gasteiger partial charge on any atom is -0.464 e.